The Bertz CT molecular complexity index is 842. The molecular weight excluding hydrogens is 470 g/mol. The van der Waals surface area contributed by atoms with Crippen LogP contribution in [0.2, 0.25) is 5.02 Å². The van der Waals surface area contributed by atoms with Crippen LogP contribution in [-0.2, 0) is 16.1 Å². The molecule has 6 nitrogen and oxygen atoms in total. The van der Waals surface area contributed by atoms with Gasteiger partial charge in [0.2, 0.25) is 6.10 Å². The highest BCUT2D eigenvalue weighted by Gasteiger charge is 2.44. The second-order valence-electron chi connectivity index (χ2n) is 7.26. The average Bonchev–Trinajstić information content (AvgIpc) is 2.74. The van der Waals surface area contributed by atoms with Crippen LogP contribution in [0.15, 0.2) is 48.8 Å². The van der Waals surface area contributed by atoms with Crippen molar-refractivity contribution >= 4 is 35.8 Å². The molecule has 11 heteroatoms. The Morgan fingerprint density at radius 1 is 1.28 bits per heavy atom. The molecule has 1 unspecified atom stereocenters. The molecule has 32 heavy (non-hydrogen) atoms. The minimum Gasteiger partial charge on any atom is -0.435 e. The smallest absolute Gasteiger partial charge is 0.426 e. The highest BCUT2D eigenvalue weighted by molar-refractivity contribution is 6.30. The van der Waals surface area contributed by atoms with Crippen molar-refractivity contribution in [1.29, 1.82) is 0 Å². The first-order valence-electron chi connectivity index (χ1n) is 9.82. The van der Waals surface area contributed by atoms with Crippen LogP contribution < -0.4 is 5.32 Å². The predicted octanol–water partition coefficient (Wildman–Crippen LogP) is 5.32. The van der Waals surface area contributed by atoms with E-state index < -0.39 is 24.9 Å². The van der Waals surface area contributed by atoms with Gasteiger partial charge in [-0.2, -0.15) is 13.2 Å². The van der Waals surface area contributed by atoms with E-state index in [1.54, 1.807) is 23.4 Å². The fourth-order valence-corrected chi connectivity index (χ4v) is 3.39. The zero-order valence-electron chi connectivity index (χ0n) is 17.1. The lowest BCUT2D eigenvalue weighted by Crippen LogP contribution is -2.49. The van der Waals surface area contributed by atoms with Gasteiger partial charge in [0.15, 0.2) is 0 Å². The third kappa shape index (κ3) is 8.46. The molecule has 1 N–H and O–H groups in total. The number of amides is 1. The number of piperidine rings is 1. The second-order valence-corrected chi connectivity index (χ2v) is 7.70. The molecule has 2 aromatic rings. The van der Waals surface area contributed by atoms with Gasteiger partial charge in [-0.1, -0.05) is 17.7 Å². The molecule has 1 saturated heterocycles. The van der Waals surface area contributed by atoms with E-state index in [2.05, 4.69) is 10.3 Å². The first-order valence-corrected chi connectivity index (χ1v) is 10.2. The van der Waals surface area contributed by atoms with E-state index in [-0.39, 0.29) is 24.2 Å². The highest BCUT2D eigenvalue weighted by atomic mass is 35.5. The minimum absolute atomic E-state index is 0. The number of rotatable bonds is 7. The lowest BCUT2D eigenvalue weighted by molar-refractivity contribution is -0.208. The number of nitrogens with zero attached hydrogens (tertiary/aromatic N) is 2. The zero-order valence-corrected chi connectivity index (χ0v) is 18.6. The summed E-state index contributed by atoms with van der Waals surface area (Å²) >= 11 is 5.76. The Kier molecular flexibility index (Phi) is 10.0. The fourth-order valence-electron chi connectivity index (χ4n) is 3.26. The molecule has 1 aromatic carbocycles. The first-order chi connectivity index (χ1) is 14.8. The monoisotopic (exact) mass is 493 g/mol. The number of hydrogen-bond acceptors (Lipinski definition) is 5. The third-order valence-corrected chi connectivity index (χ3v) is 5.05. The maximum atomic E-state index is 13.5. The van der Waals surface area contributed by atoms with Gasteiger partial charge in [-0.3, -0.25) is 15.2 Å². The van der Waals surface area contributed by atoms with Crippen molar-refractivity contribution in [1.82, 2.24) is 9.88 Å². The predicted molar refractivity (Wildman–Crippen MR) is 117 cm³/mol. The third-order valence-electron chi connectivity index (χ3n) is 4.80. The van der Waals surface area contributed by atoms with Gasteiger partial charge in [0, 0.05) is 36.2 Å². The van der Waals surface area contributed by atoms with Crippen molar-refractivity contribution in [3.63, 3.8) is 0 Å². The molecule has 1 fully saturated rings. The topological polar surface area (TPSA) is 63.7 Å². The quantitative estimate of drug-likeness (QED) is 0.565. The summed E-state index contributed by atoms with van der Waals surface area (Å²) in [6, 6.07) is 9.64. The van der Waals surface area contributed by atoms with Gasteiger partial charge in [0.1, 0.15) is 0 Å². The van der Waals surface area contributed by atoms with Crippen molar-refractivity contribution in [2.24, 2.45) is 0 Å². The summed E-state index contributed by atoms with van der Waals surface area (Å²) in [6.07, 6.45) is -3.53. The number of alkyl halides is 3. The molecule has 0 bridgehead atoms. The number of halogens is 5. The number of pyridine rings is 1. The number of aromatic nitrogens is 1. The summed E-state index contributed by atoms with van der Waals surface area (Å²) in [5, 5.41) is 2.73. The number of carbonyl (C=O) groups is 1. The van der Waals surface area contributed by atoms with Crippen molar-refractivity contribution in [3.8, 4) is 0 Å². The fraction of sp³-hybridized carbons (Fsp3) is 0.429. The van der Waals surface area contributed by atoms with Crippen LogP contribution in [-0.4, -0.2) is 54.0 Å². The van der Waals surface area contributed by atoms with Gasteiger partial charge < -0.3 is 9.47 Å². The molecule has 176 valence electrons. The van der Waals surface area contributed by atoms with Gasteiger partial charge in [-0.15, -0.1) is 12.4 Å². The number of anilines is 1. The van der Waals surface area contributed by atoms with Crippen LogP contribution in [0.25, 0.3) is 0 Å². The highest BCUT2D eigenvalue weighted by Crippen LogP contribution is 2.26. The Hall–Kier alpha value is -2.07. The van der Waals surface area contributed by atoms with Crippen molar-refractivity contribution in [3.05, 3.63) is 59.4 Å². The number of nitrogens with one attached hydrogen (secondary N) is 1. The molecule has 0 aliphatic carbocycles. The number of carbonyl (C=O) groups excluding carboxylic acids is 1. The standard InChI is InChI=1S/C21H23ClF3N3O3.ClH/c22-16-5-7-17(8-6-16)27-20(29)31-19(21(23,24)25)13-28-10-2-4-18(12-28)30-14-15-3-1-9-26-11-15;/h1,3,5-9,11,18-19H,2,4,10,12-14H2,(H,27,29);1H/t18-,19?;/m0./s1. The van der Waals surface area contributed by atoms with Crippen molar-refractivity contribution < 1.29 is 27.4 Å². The number of hydrogen-bond donors (Lipinski definition) is 1. The van der Waals surface area contributed by atoms with E-state index >= 15 is 0 Å². The average molecular weight is 494 g/mol. The van der Waals surface area contributed by atoms with Crippen LogP contribution >= 0.6 is 24.0 Å². The first kappa shape index (κ1) is 26.2. The Morgan fingerprint density at radius 3 is 2.69 bits per heavy atom. The van der Waals surface area contributed by atoms with E-state index in [4.69, 9.17) is 21.1 Å². The second kappa shape index (κ2) is 12.2. The molecule has 1 aliphatic rings. The SMILES string of the molecule is Cl.O=C(Nc1ccc(Cl)cc1)OC(CN1CCC[C@H](OCc2cccnc2)C1)C(F)(F)F. The van der Waals surface area contributed by atoms with Gasteiger partial charge in [0.25, 0.3) is 0 Å². The minimum atomic E-state index is -4.69. The Labute approximate surface area is 195 Å². The van der Waals surface area contributed by atoms with Crippen molar-refractivity contribution in [2.75, 3.05) is 25.0 Å². The van der Waals surface area contributed by atoms with E-state index in [0.717, 1.165) is 12.0 Å². The van der Waals surface area contributed by atoms with Crippen LogP contribution in [0.5, 0.6) is 0 Å². The molecular formula is C21H24Cl2F3N3O3. The molecule has 0 radical (unpaired) electrons. The van der Waals surface area contributed by atoms with Gasteiger partial charge in [-0.05, 0) is 55.3 Å². The van der Waals surface area contributed by atoms with E-state index in [1.165, 1.54) is 24.3 Å². The molecule has 1 aromatic heterocycles. The number of likely N-dealkylation sites (tertiary alicyclic amines) is 1. The summed E-state index contributed by atoms with van der Waals surface area (Å²) in [4.78, 5) is 17.6. The number of ether oxygens (including phenoxy) is 2. The Balaban J connectivity index is 0.00000363. The lowest BCUT2D eigenvalue weighted by Gasteiger charge is -2.35. The zero-order chi connectivity index (χ0) is 22.3. The van der Waals surface area contributed by atoms with Crippen LogP contribution in [0, 0.1) is 0 Å². The molecule has 2 atom stereocenters. The normalized spacial score (nSPS) is 17.8. The van der Waals surface area contributed by atoms with Gasteiger partial charge in [0.05, 0.1) is 12.7 Å². The van der Waals surface area contributed by atoms with Gasteiger partial charge in [-0.25, -0.2) is 4.79 Å². The maximum Gasteiger partial charge on any atom is 0.426 e. The summed E-state index contributed by atoms with van der Waals surface area (Å²) in [7, 11) is 0. The Morgan fingerprint density at radius 2 is 2.03 bits per heavy atom. The van der Waals surface area contributed by atoms with Crippen LogP contribution in [0.4, 0.5) is 23.7 Å². The molecule has 0 saturated carbocycles. The lowest BCUT2D eigenvalue weighted by atomic mass is 10.1. The molecule has 0 spiro atoms. The van der Waals surface area contributed by atoms with E-state index in [9.17, 15) is 18.0 Å². The molecule has 1 amide bonds. The van der Waals surface area contributed by atoms with Crippen LogP contribution in [0.1, 0.15) is 18.4 Å². The summed E-state index contributed by atoms with van der Waals surface area (Å²) in [5.74, 6) is 0. The summed E-state index contributed by atoms with van der Waals surface area (Å²) in [6.45, 7) is 0.690. The van der Waals surface area contributed by atoms with Crippen LogP contribution in [0.3, 0.4) is 0 Å². The van der Waals surface area contributed by atoms with Gasteiger partial charge >= 0.3 is 12.3 Å². The van der Waals surface area contributed by atoms with Crippen molar-refractivity contribution in [2.45, 2.75) is 37.8 Å². The number of benzene rings is 1. The van der Waals surface area contributed by atoms with E-state index in [1.807, 2.05) is 6.07 Å². The summed E-state index contributed by atoms with van der Waals surface area (Å²) < 4.78 is 51.1. The summed E-state index contributed by atoms with van der Waals surface area (Å²) in [5.41, 5.74) is 1.19. The van der Waals surface area contributed by atoms with E-state index in [0.29, 0.717) is 31.1 Å². The maximum absolute atomic E-state index is 13.5. The molecule has 2 heterocycles. The molecule has 3 rings (SSSR count). The largest absolute Gasteiger partial charge is 0.435 e. The molecule has 1 aliphatic heterocycles.